The molecule has 1 spiro atoms. The van der Waals surface area contributed by atoms with Crippen LogP contribution in [0.2, 0.25) is 0 Å². The van der Waals surface area contributed by atoms with Gasteiger partial charge in [-0.2, -0.15) is 0 Å². The van der Waals surface area contributed by atoms with Gasteiger partial charge in [-0.05, 0) is 49.4 Å². The van der Waals surface area contributed by atoms with Gasteiger partial charge in [0.25, 0.3) is 0 Å². The topological polar surface area (TPSA) is 83.4 Å². The molecule has 3 aromatic rings. The van der Waals surface area contributed by atoms with Crippen molar-refractivity contribution in [3.63, 3.8) is 0 Å². The Labute approximate surface area is 228 Å². The van der Waals surface area contributed by atoms with E-state index in [0.29, 0.717) is 42.6 Å². The summed E-state index contributed by atoms with van der Waals surface area (Å²) in [5.41, 5.74) is 4.47. The van der Waals surface area contributed by atoms with Crippen molar-refractivity contribution < 1.29 is 23.4 Å². The first kappa shape index (κ1) is 26.0. The Hall–Kier alpha value is -3.23. The molecule has 1 saturated carbocycles. The minimum Gasteiger partial charge on any atom is -0.469 e. The van der Waals surface area contributed by atoms with Crippen LogP contribution in [0.15, 0.2) is 42.6 Å². The zero-order chi connectivity index (χ0) is 27.2. The first-order valence-corrected chi connectivity index (χ1v) is 13.8. The number of fused-ring (bicyclic) bond motifs is 3. The lowest BCUT2D eigenvalue weighted by Crippen LogP contribution is -2.55. The van der Waals surface area contributed by atoms with E-state index in [1.165, 1.54) is 13.2 Å². The third-order valence-corrected chi connectivity index (χ3v) is 9.15. The van der Waals surface area contributed by atoms with Crippen LogP contribution in [0.4, 0.5) is 4.39 Å². The Morgan fingerprint density at radius 2 is 1.95 bits per heavy atom. The molecule has 204 valence electrons. The summed E-state index contributed by atoms with van der Waals surface area (Å²) in [6.07, 6.45) is 5.76. The average Bonchev–Trinajstić information content (AvgIpc) is 3.44. The van der Waals surface area contributed by atoms with Crippen LogP contribution in [-0.2, 0) is 37.3 Å². The van der Waals surface area contributed by atoms with E-state index in [-0.39, 0.29) is 29.5 Å². The molecule has 0 unspecified atom stereocenters. The summed E-state index contributed by atoms with van der Waals surface area (Å²) < 4.78 is 32.4. The Morgan fingerprint density at radius 3 is 2.72 bits per heavy atom. The van der Waals surface area contributed by atoms with Crippen LogP contribution in [0.25, 0.3) is 22.6 Å². The van der Waals surface area contributed by atoms with Gasteiger partial charge in [0.05, 0.1) is 38.1 Å². The normalized spacial score (nSPS) is 25.2. The Bertz CT molecular complexity index is 1410. The van der Waals surface area contributed by atoms with Crippen molar-refractivity contribution in [1.82, 2.24) is 15.0 Å². The number of methoxy groups -OCH3 is 1. The van der Waals surface area contributed by atoms with Crippen molar-refractivity contribution in [2.45, 2.75) is 63.6 Å². The molecule has 8 heteroatoms. The van der Waals surface area contributed by atoms with Crippen LogP contribution in [0.1, 0.15) is 56.5 Å². The number of aromatic nitrogens is 3. The highest BCUT2D eigenvalue weighted by molar-refractivity contribution is 5.70. The molecule has 3 aliphatic rings. The minimum absolute atomic E-state index is 0.202. The van der Waals surface area contributed by atoms with E-state index in [9.17, 15) is 4.79 Å². The van der Waals surface area contributed by atoms with E-state index in [1.807, 2.05) is 18.2 Å². The molecule has 3 atom stereocenters. The number of esters is 1. The number of benzene rings is 1. The fourth-order valence-electron chi connectivity index (χ4n) is 7.03. The molecule has 39 heavy (non-hydrogen) atoms. The lowest BCUT2D eigenvalue weighted by Gasteiger charge is -2.54. The minimum atomic E-state index is -0.522. The van der Waals surface area contributed by atoms with Gasteiger partial charge in [-0.25, -0.2) is 14.4 Å². The van der Waals surface area contributed by atoms with Gasteiger partial charge < -0.3 is 14.2 Å². The van der Waals surface area contributed by atoms with E-state index >= 15 is 4.39 Å². The molecular weight excluding hydrogens is 497 g/mol. The molecule has 2 aromatic heterocycles. The van der Waals surface area contributed by atoms with E-state index in [0.717, 1.165) is 48.2 Å². The molecule has 3 heterocycles. The van der Waals surface area contributed by atoms with Crippen LogP contribution in [0, 0.1) is 17.7 Å². The maximum absolute atomic E-state index is 15.2. The monoisotopic (exact) mass is 531 g/mol. The third-order valence-electron chi connectivity index (χ3n) is 9.15. The molecule has 0 bridgehead atoms. The molecule has 1 aliphatic heterocycles. The van der Waals surface area contributed by atoms with Gasteiger partial charge in [-0.15, -0.1) is 0 Å². The summed E-state index contributed by atoms with van der Waals surface area (Å²) in [5, 5.41) is 0. The molecule has 6 rings (SSSR count). The smallest absolute Gasteiger partial charge is 0.305 e. The quantitative estimate of drug-likeness (QED) is 0.405. The van der Waals surface area contributed by atoms with Crippen molar-refractivity contribution in [2.24, 2.45) is 11.8 Å². The van der Waals surface area contributed by atoms with Crippen molar-refractivity contribution in [3.05, 3.63) is 65.4 Å². The number of halogens is 1. The fraction of sp³-hybridized carbons (Fsp3) is 0.484. The van der Waals surface area contributed by atoms with Crippen molar-refractivity contribution >= 4 is 5.97 Å². The molecule has 1 aromatic carbocycles. The molecule has 2 fully saturated rings. The molecule has 0 N–H and O–H groups in total. The number of pyridine rings is 1. The Balaban J connectivity index is 1.47. The van der Waals surface area contributed by atoms with Crippen LogP contribution < -0.4 is 0 Å². The molecule has 2 aliphatic carbocycles. The van der Waals surface area contributed by atoms with Gasteiger partial charge in [0, 0.05) is 52.8 Å². The van der Waals surface area contributed by atoms with E-state index < -0.39 is 5.79 Å². The standard InChI is InChI=1S/C31H34FN3O4/c1-19-24-10-9-23-27(22-6-4-5-7-25(22)32)34-29(20-12-15-33-21(18-20)8-11-26(36)37-3)35-28(23)30(24,2)13-14-31(19)38-16-17-39-31/h4-7,12,15,18-19,24H,8-11,13-14,16-17H2,1-3H3/t19-,24-,30-/m1/s1. The summed E-state index contributed by atoms with van der Waals surface area (Å²) in [6, 6.07) is 10.6. The fourth-order valence-corrected chi connectivity index (χ4v) is 7.03. The van der Waals surface area contributed by atoms with Gasteiger partial charge >= 0.3 is 5.97 Å². The number of hydrogen-bond acceptors (Lipinski definition) is 7. The summed E-state index contributed by atoms with van der Waals surface area (Å²) in [7, 11) is 1.38. The molecular formula is C31H34FN3O4. The highest BCUT2D eigenvalue weighted by atomic mass is 19.1. The number of aryl methyl sites for hydroxylation is 1. The van der Waals surface area contributed by atoms with Crippen molar-refractivity contribution in [3.8, 4) is 22.6 Å². The first-order valence-electron chi connectivity index (χ1n) is 13.8. The maximum Gasteiger partial charge on any atom is 0.305 e. The SMILES string of the molecule is COC(=O)CCc1cc(-c2nc(-c3ccccc3F)c3c(n2)[C@]2(C)CCC4(OCCO4)[C@H](C)[C@H]2CC3)ccn1. The van der Waals surface area contributed by atoms with E-state index in [2.05, 4.69) is 18.8 Å². The second-order valence-corrected chi connectivity index (χ2v) is 11.2. The number of ether oxygens (including phenoxy) is 3. The van der Waals surface area contributed by atoms with Gasteiger partial charge in [0.2, 0.25) is 0 Å². The van der Waals surface area contributed by atoms with Crippen LogP contribution in [0.5, 0.6) is 0 Å². The van der Waals surface area contributed by atoms with Gasteiger partial charge in [-0.3, -0.25) is 9.78 Å². The predicted octanol–water partition coefficient (Wildman–Crippen LogP) is 5.44. The number of carbonyl (C=O) groups excluding carboxylic acids is 1. The largest absolute Gasteiger partial charge is 0.469 e. The van der Waals surface area contributed by atoms with E-state index in [1.54, 1.807) is 18.3 Å². The maximum atomic E-state index is 15.2. The lowest BCUT2D eigenvalue weighted by atomic mass is 9.54. The summed E-state index contributed by atoms with van der Waals surface area (Å²) in [6.45, 7) is 5.81. The second kappa shape index (κ2) is 10.1. The third kappa shape index (κ3) is 4.43. The number of carbonyl (C=O) groups is 1. The van der Waals surface area contributed by atoms with E-state index in [4.69, 9.17) is 24.2 Å². The van der Waals surface area contributed by atoms with Crippen molar-refractivity contribution in [2.75, 3.05) is 20.3 Å². The zero-order valence-electron chi connectivity index (χ0n) is 22.7. The predicted molar refractivity (Wildman–Crippen MR) is 143 cm³/mol. The summed E-state index contributed by atoms with van der Waals surface area (Å²) >= 11 is 0. The molecule has 0 radical (unpaired) electrons. The zero-order valence-corrected chi connectivity index (χ0v) is 22.7. The number of hydrogen-bond donors (Lipinski definition) is 0. The van der Waals surface area contributed by atoms with Crippen molar-refractivity contribution in [1.29, 1.82) is 0 Å². The number of nitrogens with zero attached hydrogens (tertiary/aromatic N) is 3. The first-order chi connectivity index (χ1) is 18.8. The molecule has 0 amide bonds. The summed E-state index contributed by atoms with van der Waals surface area (Å²) in [4.78, 5) is 26.3. The highest BCUT2D eigenvalue weighted by Crippen LogP contribution is 2.57. The molecule has 1 saturated heterocycles. The summed E-state index contributed by atoms with van der Waals surface area (Å²) in [5.74, 6) is -0.0571. The number of rotatable bonds is 5. The Kier molecular flexibility index (Phi) is 6.71. The average molecular weight is 532 g/mol. The van der Waals surface area contributed by atoms with Crippen LogP contribution in [-0.4, -0.2) is 47.0 Å². The molecule has 7 nitrogen and oxygen atoms in total. The second-order valence-electron chi connectivity index (χ2n) is 11.2. The highest BCUT2D eigenvalue weighted by Gasteiger charge is 2.57. The van der Waals surface area contributed by atoms with Gasteiger partial charge in [0.1, 0.15) is 5.82 Å². The van der Waals surface area contributed by atoms with Gasteiger partial charge in [0.15, 0.2) is 11.6 Å². The van der Waals surface area contributed by atoms with Crippen LogP contribution >= 0.6 is 0 Å². The van der Waals surface area contributed by atoms with Gasteiger partial charge in [-0.1, -0.05) is 26.0 Å². The van der Waals surface area contributed by atoms with Crippen LogP contribution in [0.3, 0.4) is 0 Å². The lowest BCUT2D eigenvalue weighted by molar-refractivity contribution is -0.234. The Morgan fingerprint density at radius 1 is 1.15 bits per heavy atom.